The molecule has 1 aliphatic heterocycles. The first kappa shape index (κ1) is 20.5. The topological polar surface area (TPSA) is 102 Å². The summed E-state index contributed by atoms with van der Waals surface area (Å²) in [6.07, 6.45) is 1.80. The third-order valence-electron chi connectivity index (χ3n) is 4.81. The van der Waals surface area contributed by atoms with Crippen molar-refractivity contribution in [3.63, 3.8) is 0 Å². The molecule has 2 aromatic carbocycles. The van der Waals surface area contributed by atoms with Crippen LogP contribution in [0.2, 0.25) is 0 Å². The number of benzene rings is 2. The van der Waals surface area contributed by atoms with E-state index in [-0.39, 0.29) is 30.5 Å². The maximum atomic E-state index is 14.2. The molecule has 0 unspecified atom stereocenters. The number of hydrogen-bond acceptors (Lipinski definition) is 6. The van der Waals surface area contributed by atoms with Crippen LogP contribution < -0.4 is 16.0 Å². The van der Waals surface area contributed by atoms with E-state index in [0.717, 1.165) is 36.3 Å². The molecule has 3 N–H and O–H groups in total. The second-order valence-corrected chi connectivity index (χ2v) is 6.72. The summed E-state index contributed by atoms with van der Waals surface area (Å²) in [5.74, 6) is -0.266. The molecule has 4 rings (SSSR count). The second-order valence-electron chi connectivity index (χ2n) is 6.72. The molecular formula is C19H21ClFN7O. The normalized spacial score (nSPS) is 12.8. The molecule has 0 fully saturated rings. The molecule has 0 bridgehead atoms. The quantitative estimate of drug-likeness (QED) is 0.632. The van der Waals surface area contributed by atoms with E-state index >= 15 is 0 Å². The number of hydrogen-bond donors (Lipinski definition) is 2. The van der Waals surface area contributed by atoms with Gasteiger partial charge in [-0.1, -0.05) is 6.07 Å². The predicted molar refractivity (Wildman–Crippen MR) is 111 cm³/mol. The van der Waals surface area contributed by atoms with Crippen LogP contribution in [0.25, 0.3) is 5.69 Å². The van der Waals surface area contributed by atoms with Crippen LogP contribution in [-0.2, 0) is 11.2 Å². The standard InChI is InChI=1S/C19H20FN7O.ClH/c1-12-23-24-25-27(12)13-7-8-15(20)17(10-13)22-19(28)11-26-9-3-4-14-16(21)5-2-6-18(14)26;/h2,5-8,10H,3-4,9,11,21H2,1H3,(H,22,28);1H. The molecule has 0 saturated carbocycles. The largest absolute Gasteiger partial charge is 0.398 e. The molecular weight excluding hydrogens is 397 g/mol. The van der Waals surface area contributed by atoms with E-state index in [0.29, 0.717) is 11.5 Å². The van der Waals surface area contributed by atoms with Gasteiger partial charge < -0.3 is 16.0 Å². The Morgan fingerprint density at radius 3 is 2.90 bits per heavy atom. The number of nitrogen functional groups attached to an aromatic ring is 1. The molecule has 1 amide bonds. The lowest BCUT2D eigenvalue weighted by Gasteiger charge is -2.31. The molecule has 0 atom stereocenters. The summed E-state index contributed by atoms with van der Waals surface area (Å²) in [5.41, 5.74) is 9.46. The summed E-state index contributed by atoms with van der Waals surface area (Å²) in [5, 5.41) is 13.9. The van der Waals surface area contributed by atoms with Gasteiger partial charge in [-0.15, -0.1) is 17.5 Å². The molecule has 2 heterocycles. The highest BCUT2D eigenvalue weighted by molar-refractivity contribution is 5.94. The molecule has 1 aliphatic rings. The van der Waals surface area contributed by atoms with Crippen LogP contribution in [0.15, 0.2) is 36.4 Å². The fourth-order valence-corrected chi connectivity index (χ4v) is 3.47. The maximum absolute atomic E-state index is 14.2. The lowest BCUT2D eigenvalue weighted by Crippen LogP contribution is -2.37. The van der Waals surface area contributed by atoms with Gasteiger partial charge in [0.1, 0.15) is 5.82 Å². The van der Waals surface area contributed by atoms with Crippen molar-refractivity contribution in [2.24, 2.45) is 0 Å². The summed E-state index contributed by atoms with van der Waals surface area (Å²) in [6.45, 7) is 2.60. The maximum Gasteiger partial charge on any atom is 0.243 e. The van der Waals surface area contributed by atoms with Gasteiger partial charge >= 0.3 is 0 Å². The van der Waals surface area contributed by atoms with Crippen molar-refractivity contribution in [3.8, 4) is 5.69 Å². The van der Waals surface area contributed by atoms with Gasteiger partial charge in [0.25, 0.3) is 0 Å². The fourth-order valence-electron chi connectivity index (χ4n) is 3.47. The summed E-state index contributed by atoms with van der Waals surface area (Å²) >= 11 is 0. The number of nitrogens with one attached hydrogen (secondary N) is 1. The fraction of sp³-hybridized carbons (Fsp3) is 0.263. The number of carbonyl (C=O) groups excluding carboxylic acids is 1. The zero-order chi connectivity index (χ0) is 19.7. The Bertz CT molecular complexity index is 1040. The lowest BCUT2D eigenvalue weighted by atomic mass is 10.00. The number of nitrogens with two attached hydrogens (primary N) is 1. The van der Waals surface area contributed by atoms with E-state index in [1.54, 1.807) is 13.0 Å². The molecule has 0 saturated heterocycles. The Morgan fingerprint density at radius 1 is 1.31 bits per heavy atom. The van der Waals surface area contributed by atoms with Gasteiger partial charge in [-0.3, -0.25) is 4.79 Å². The van der Waals surface area contributed by atoms with Crippen molar-refractivity contribution in [1.82, 2.24) is 20.2 Å². The van der Waals surface area contributed by atoms with Gasteiger partial charge in [-0.2, -0.15) is 4.68 Å². The highest BCUT2D eigenvalue weighted by atomic mass is 35.5. The Labute approximate surface area is 173 Å². The number of nitrogens with zero attached hydrogens (tertiary/aromatic N) is 5. The van der Waals surface area contributed by atoms with E-state index < -0.39 is 5.82 Å². The Morgan fingerprint density at radius 2 is 2.14 bits per heavy atom. The van der Waals surface area contributed by atoms with Crippen molar-refractivity contribution in [2.45, 2.75) is 19.8 Å². The van der Waals surface area contributed by atoms with Crippen LogP contribution >= 0.6 is 12.4 Å². The van der Waals surface area contributed by atoms with Gasteiger partial charge in [-0.05, 0) is 66.1 Å². The molecule has 29 heavy (non-hydrogen) atoms. The Kier molecular flexibility index (Phi) is 5.97. The van der Waals surface area contributed by atoms with Crippen molar-refractivity contribution < 1.29 is 9.18 Å². The minimum atomic E-state index is -0.522. The third kappa shape index (κ3) is 4.14. The number of tetrazole rings is 1. The number of anilines is 3. The summed E-state index contributed by atoms with van der Waals surface area (Å²) in [4.78, 5) is 14.6. The molecule has 10 heteroatoms. The van der Waals surface area contributed by atoms with Crippen LogP contribution in [0.3, 0.4) is 0 Å². The monoisotopic (exact) mass is 417 g/mol. The summed E-state index contributed by atoms with van der Waals surface area (Å²) in [7, 11) is 0. The Balaban J connectivity index is 0.00000240. The number of amides is 1. The molecule has 3 aromatic rings. The zero-order valence-electron chi connectivity index (χ0n) is 15.8. The number of aryl methyl sites for hydroxylation is 1. The van der Waals surface area contributed by atoms with Gasteiger partial charge in [0.15, 0.2) is 5.82 Å². The van der Waals surface area contributed by atoms with Crippen molar-refractivity contribution in [1.29, 1.82) is 0 Å². The molecule has 0 radical (unpaired) electrons. The molecule has 1 aromatic heterocycles. The first-order valence-electron chi connectivity index (χ1n) is 9.00. The van der Waals surface area contributed by atoms with E-state index in [2.05, 4.69) is 20.8 Å². The minimum absolute atomic E-state index is 0. The minimum Gasteiger partial charge on any atom is -0.398 e. The molecule has 0 aliphatic carbocycles. The average Bonchev–Trinajstić information content (AvgIpc) is 3.10. The van der Waals surface area contributed by atoms with E-state index in [9.17, 15) is 9.18 Å². The Hall–Kier alpha value is -3.20. The summed E-state index contributed by atoms with van der Waals surface area (Å²) in [6, 6.07) is 10.0. The second kappa shape index (κ2) is 8.44. The highest BCUT2D eigenvalue weighted by Crippen LogP contribution is 2.31. The van der Waals surface area contributed by atoms with E-state index in [1.165, 1.54) is 16.8 Å². The molecule has 0 spiro atoms. The number of rotatable bonds is 4. The van der Waals surface area contributed by atoms with Gasteiger partial charge in [-0.25, -0.2) is 4.39 Å². The number of fused-ring (bicyclic) bond motifs is 1. The highest BCUT2D eigenvalue weighted by Gasteiger charge is 2.21. The van der Waals surface area contributed by atoms with Crippen molar-refractivity contribution >= 4 is 35.4 Å². The average molecular weight is 418 g/mol. The van der Waals surface area contributed by atoms with Crippen LogP contribution in [0.5, 0.6) is 0 Å². The lowest BCUT2D eigenvalue weighted by molar-refractivity contribution is -0.115. The smallest absolute Gasteiger partial charge is 0.243 e. The first-order valence-corrected chi connectivity index (χ1v) is 9.00. The van der Waals surface area contributed by atoms with E-state index in [1.807, 2.05) is 23.1 Å². The predicted octanol–water partition coefficient (Wildman–Crippen LogP) is 2.51. The molecule has 152 valence electrons. The molecule has 8 nitrogen and oxygen atoms in total. The van der Waals surface area contributed by atoms with Crippen LogP contribution in [0.1, 0.15) is 17.8 Å². The van der Waals surface area contributed by atoms with E-state index in [4.69, 9.17) is 5.73 Å². The SMILES string of the molecule is Cc1nnnn1-c1ccc(F)c(NC(=O)CN2CCCc3c(N)cccc32)c1.Cl. The summed E-state index contributed by atoms with van der Waals surface area (Å²) < 4.78 is 15.7. The first-order chi connectivity index (χ1) is 13.5. The number of aromatic nitrogens is 4. The van der Waals surface area contributed by atoms with Gasteiger partial charge in [0.05, 0.1) is 17.9 Å². The van der Waals surface area contributed by atoms with Crippen molar-refractivity contribution in [2.75, 3.05) is 29.0 Å². The van der Waals surface area contributed by atoms with Crippen LogP contribution in [-0.4, -0.2) is 39.2 Å². The third-order valence-corrected chi connectivity index (χ3v) is 4.81. The van der Waals surface area contributed by atoms with Gasteiger partial charge in [0.2, 0.25) is 5.91 Å². The van der Waals surface area contributed by atoms with Gasteiger partial charge in [0, 0.05) is 17.9 Å². The van der Waals surface area contributed by atoms with Crippen LogP contribution in [0.4, 0.5) is 21.5 Å². The van der Waals surface area contributed by atoms with Crippen molar-refractivity contribution in [3.05, 3.63) is 53.6 Å². The number of halogens is 2. The zero-order valence-corrected chi connectivity index (χ0v) is 16.6. The number of carbonyl (C=O) groups is 1. The van der Waals surface area contributed by atoms with Crippen LogP contribution in [0, 0.1) is 12.7 Å².